The molecule has 0 aliphatic heterocycles. The summed E-state index contributed by atoms with van der Waals surface area (Å²) in [5, 5.41) is 3.03. The van der Waals surface area contributed by atoms with Gasteiger partial charge in [0.1, 0.15) is 11.6 Å². The molecule has 4 nitrogen and oxygen atoms in total. The fourth-order valence-corrected chi connectivity index (χ4v) is 4.77. The molecule has 1 atom stereocenters. The Morgan fingerprint density at radius 3 is 1.96 bits per heavy atom. The van der Waals surface area contributed by atoms with Crippen molar-refractivity contribution in [1.82, 2.24) is 0 Å². The van der Waals surface area contributed by atoms with Gasteiger partial charge in [-0.2, -0.15) is 0 Å². The van der Waals surface area contributed by atoms with Crippen molar-refractivity contribution in [3.05, 3.63) is 65.7 Å². The first-order valence-corrected chi connectivity index (χ1v) is 10.0. The van der Waals surface area contributed by atoms with Gasteiger partial charge in [-0.1, -0.05) is 18.2 Å². The van der Waals surface area contributed by atoms with Gasteiger partial charge < -0.3 is 14.4 Å². The summed E-state index contributed by atoms with van der Waals surface area (Å²) in [7, 11) is -3.72. The zero-order valence-corrected chi connectivity index (χ0v) is 16.2. The lowest BCUT2D eigenvalue weighted by atomic mass is 10.2. The average molecular weight is 383 g/mol. The maximum Gasteiger partial charge on any atom is 0.357 e. The third-order valence-electron chi connectivity index (χ3n) is 3.35. The van der Waals surface area contributed by atoms with E-state index in [9.17, 15) is 13.3 Å². The second-order valence-electron chi connectivity index (χ2n) is 6.46. The van der Waals surface area contributed by atoms with E-state index in [0.717, 1.165) is 0 Å². The lowest BCUT2D eigenvalue weighted by Crippen LogP contribution is -2.19. The highest BCUT2D eigenvalue weighted by Gasteiger charge is 2.39. The predicted octanol–water partition coefficient (Wildman–Crippen LogP) is 6.12. The molecule has 142 valence electrons. The Morgan fingerprint density at radius 2 is 1.46 bits per heavy atom. The summed E-state index contributed by atoms with van der Waals surface area (Å²) in [6, 6.07) is 11.3. The second-order valence-corrected chi connectivity index (χ2v) is 8.47. The molecule has 0 spiro atoms. The topological polar surface area (TPSA) is 47.6 Å². The molecule has 0 aliphatic carbocycles. The molecule has 2 aromatic carbocycles. The van der Waals surface area contributed by atoms with E-state index in [1.165, 1.54) is 42.5 Å². The summed E-state index contributed by atoms with van der Waals surface area (Å²) in [4.78, 5) is 0. The Balaban J connectivity index is 2.49. The van der Waals surface area contributed by atoms with Gasteiger partial charge in [0.15, 0.2) is 5.78 Å². The van der Waals surface area contributed by atoms with Gasteiger partial charge in [-0.05, 0) is 63.6 Å². The van der Waals surface area contributed by atoms with Crippen molar-refractivity contribution >= 4 is 13.3 Å². The van der Waals surface area contributed by atoms with E-state index in [4.69, 9.17) is 9.05 Å². The number of hydrogen-bond donors (Lipinski definition) is 1. The second kappa shape index (κ2) is 8.76. The van der Waals surface area contributed by atoms with Gasteiger partial charge in [0.05, 0.1) is 12.2 Å². The minimum Gasteiger partial charge on any atom is -0.368 e. The smallest absolute Gasteiger partial charge is 0.357 e. The number of benzene rings is 2. The van der Waals surface area contributed by atoms with E-state index in [-0.39, 0.29) is 12.2 Å². The van der Waals surface area contributed by atoms with Gasteiger partial charge in [-0.15, -0.1) is 0 Å². The molecular formula is C19H24F2NO3P. The van der Waals surface area contributed by atoms with Crippen molar-refractivity contribution in [2.45, 2.75) is 45.7 Å². The van der Waals surface area contributed by atoms with Crippen LogP contribution in [-0.4, -0.2) is 12.2 Å². The van der Waals surface area contributed by atoms with Crippen LogP contribution >= 0.6 is 7.60 Å². The molecule has 0 amide bonds. The first-order valence-electron chi connectivity index (χ1n) is 8.43. The van der Waals surface area contributed by atoms with Crippen LogP contribution in [0.4, 0.5) is 14.5 Å². The maximum absolute atomic E-state index is 13.6. The average Bonchev–Trinajstić information content (AvgIpc) is 2.52. The molecular weight excluding hydrogens is 359 g/mol. The van der Waals surface area contributed by atoms with E-state index in [1.807, 2.05) is 0 Å². The van der Waals surface area contributed by atoms with Crippen LogP contribution in [-0.2, 0) is 13.6 Å². The van der Waals surface area contributed by atoms with E-state index in [0.29, 0.717) is 11.3 Å². The molecule has 2 aromatic rings. The van der Waals surface area contributed by atoms with Crippen molar-refractivity contribution in [3.63, 3.8) is 0 Å². The number of hydrogen-bond acceptors (Lipinski definition) is 4. The van der Waals surface area contributed by atoms with Crippen LogP contribution < -0.4 is 5.32 Å². The zero-order chi connectivity index (χ0) is 19.3. The van der Waals surface area contributed by atoms with Gasteiger partial charge in [-0.3, -0.25) is 4.57 Å². The highest BCUT2D eigenvalue weighted by molar-refractivity contribution is 7.54. The molecule has 0 fully saturated rings. The molecule has 1 unspecified atom stereocenters. The van der Waals surface area contributed by atoms with Gasteiger partial charge in [-0.25, -0.2) is 8.78 Å². The molecule has 0 radical (unpaired) electrons. The van der Waals surface area contributed by atoms with E-state index in [1.54, 1.807) is 33.8 Å². The molecule has 26 heavy (non-hydrogen) atoms. The number of halogens is 2. The lowest BCUT2D eigenvalue weighted by molar-refractivity contribution is 0.138. The fourth-order valence-electron chi connectivity index (χ4n) is 2.46. The van der Waals surface area contributed by atoms with Crippen molar-refractivity contribution in [2.75, 3.05) is 5.32 Å². The predicted molar refractivity (Wildman–Crippen MR) is 99.2 cm³/mol. The fraction of sp³-hybridized carbons (Fsp3) is 0.368. The van der Waals surface area contributed by atoms with Crippen LogP contribution in [0, 0.1) is 11.6 Å². The molecule has 0 aromatic heterocycles. The van der Waals surface area contributed by atoms with E-state index < -0.39 is 25.0 Å². The van der Waals surface area contributed by atoms with Crippen molar-refractivity contribution in [3.8, 4) is 0 Å². The molecule has 0 bridgehead atoms. The summed E-state index contributed by atoms with van der Waals surface area (Å²) in [5.74, 6) is -1.77. The normalized spacial score (nSPS) is 13.2. The maximum atomic E-state index is 13.6. The van der Waals surface area contributed by atoms with Crippen LogP contribution in [0.15, 0.2) is 48.5 Å². The zero-order valence-electron chi connectivity index (χ0n) is 15.3. The summed E-state index contributed by atoms with van der Waals surface area (Å²) in [6.07, 6.45) is -0.728. The largest absolute Gasteiger partial charge is 0.368 e. The van der Waals surface area contributed by atoms with E-state index >= 15 is 0 Å². The van der Waals surface area contributed by atoms with Gasteiger partial charge >= 0.3 is 7.60 Å². The quantitative estimate of drug-likeness (QED) is 0.558. The monoisotopic (exact) mass is 383 g/mol. The van der Waals surface area contributed by atoms with Crippen LogP contribution in [0.5, 0.6) is 0 Å². The third-order valence-corrected chi connectivity index (χ3v) is 5.84. The molecule has 0 saturated heterocycles. The summed E-state index contributed by atoms with van der Waals surface area (Å²) < 4.78 is 51.9. The first-order chi connectivity index (χ1) is 12.2. The SMILES string of the molecule is CC(C)OP(=O)(OC(C)C)C(Nc1cccc(F)c1)c1ccc(F)cc1. The van der Waals surface area contributed by atoms with Gasteiger partial charge in [0.25, 0.3) is 0 Å². The molecule has 7 heteroatoms. The molecule has 2 rings (SSSR count). The number of rotatable bonds is 8. The minimum atomic E-state index is -3.72. The Hall–Kier alpha value is -1.75. The van der Waals surface area contributed by atoms with Crippen LogP contribution in [0.3, 0.4) is 0 Å². The van der Waals surface area contributed by atoms with Crippen LogP contribution in [0.25, 0.3) is 0 Å². The highest BCUT2D eigenvalue weighted by atomic mass is 31.2. The number of nitrogens with one attached hydrogen (secondary N) is 1. The number of anilines is 1. The molecule has 0 saturated carbocycles. The minimum absolute atomic E-state index is 0.364. The van der Waals surface area contributed by atoms with Crippen LogP contribution in [0.2, 0.25) is 0 Å². The van der Waals surface area contributed by atoms with Crippen LogP contribution in [0.1, 0.15) is 39.0 Å². The summed E-state index contributed by atoms with van der Waals surface area (Å²) in [6.45, 7) is 7.00. The molecule has 0 aliphatic rings. The standard InChI is InChI=1S/C19H24F2NO3P/c1-13(2)24-26(23,25-14(3)4)19(15-8-10-16(20)11-9-15)22-18-7-5-6-17(21)12-18/h5-14,19,22H,1-4H3. The summed E-state index contributed by atoms with van der Waals surface area (Å²) >= 11 is 0. The van der Waals surface area contributed by atoms with Gasteiger partial charge in [0, 0.05) is 5.69 Å². The Labute approximate surface area is 153 Å². The highest BCUT2D eigenvalue weighted by Crippen LogP contribution is 2.62. The first kappa shape index (κ1) is 20.6. The Bertz CT molecular complexity index is 752. The van der Waals surface area contributed by atoms with Crippen molar-refractivity contribution in [1.29, 1.82) is 0 Å². The van der Waals surface area contributed by atoms with E-state index in [2.05, 4.69) is 5.32 Å². The Morgan fingerprint density at radius 1 is 0.885 bits per heavy atom. The lowest BCUT2D eigenvalue weighted by Gasteiger charge is -2.31. The molecule has 0 heterocycles. The third kappa shape index (κ3) is 5.63. The Kier molecular flexibility index (Phi) is 6.93. The van der Waals surface area contributed by atoms with Crippen molar-refractivity contribution < 1.29 is 22.4 Å². The van der Waals surface area contributed by atoms with Crippen molar-refractivity contribution in [2.24, 2.45) is 0 Å². The van der Waals surface area contributed by atoms with Gasteiger partial charge in [0.2, 0.25) is 0 Å². The molecule has 1 N–H and O–H groups in total. The summed E-state index contributed by atoms with van der Waals surface area (Å²) in [5.41, 5.74) is 0.930.